The molecule has 0 radical (unpaired) electrons. The van der Waals surface area contributed by atoms with Gasteiger partial charge in [0.15, 0.2) is 5.41 Å². The van der Waals surface area contributed by atoms with E-state index in [-0.39, 0.29) is 24.7 Å². The Morgan fingerprint density at radius 2 is 1.50 bits per heavy atom. The normalized spacial score (nSPS) is 10.7. The van der Waals surface area contributed by atoms with Gasteiger partial charge in [-0.05, 0) is 44.0 Å². The summed E-state index contributed by atoms with van der Waals surface area (Å²) in [5, 5.41) is 2.64. The molecule has 0 aliphatic carbocycles. The van der Waals surface area contributed by atoms with Crippen LogP contribution in [0.25, 0.3) is 5.57 Å². The van der Waals surface area contributed by atoms with Gasteiger partial charge in [-0.3, -0.25) is 14.4 Å². The van der Waals surface area contributed by atoms with Crippen LogP contribution in [0, 0.1) is 5.41 Å². The highest BCUT2D eigenvalue weighted by atomic mass is 16.6. The maximum absolute atomic E-state index is 12.4. The number of hydrogen-bond donors (Lipinski definition) is 1. The molecule has 0 heterocycles. The fraction of sp³-hybridized carbons (Fsp3) is 0.389. The van der Waals surface area contributed by atoms with Crippen molar-refractivity contribution in [1.82, 2.24) is 0 Å². The molecule has 1 amide bonds. The summed E-state index contributed by atoms with van der Waals surface area (Å²) in [4.78, 5) is 35.8. The number of carbonyl (C=O) groups is 3. The van der Waals surface area contributed by atoms with Gasteiger partial charge in [0.2, 0.25) is 5.91 Å². The first kappa shape index (κ1) is 19.4. The van der Waals surface area contributed by atoms with Crippen LogP contribution in [0.4, 0.5) is 5.69 Å². The number of nitrogens with one attached hydrogen (secondary N) is 1. The predicted molar refractivity (Wildman–Crippen MR) is 91.2 cm³/mol. The van der Waals surface area contributed by atoms with Crippen molar-refractivity contribution in [1.29, 1.82) is 0 Å². The molecule has 24 heavy (non-hydrogen) atoms. The molecule has 6 heteroatoms. The minimum atomic E-state index is -1.64. The van der Waals surface area contributed by atoms with Gasteiger partial charge in [-0.25, -0.2) is 0 Å². The Morgan fingerprint density at radius 1 is 1.04 bits per heavy atom. The largest absolute Gasteiger partial charge is 0.465 e. The Morgan fingerprint density at radius 3 is 1.88 bits per heavy atom. The first-order valence-electron chi connectivity index (χ1n) is 7.69. The molecule has 0 spiro atoms. The second kappa shape index (κ2) is 8.29. The van der Waals surface area contributed by atoms with E-state index >= 15 is 0 Å². The SMILES string of the molecule is C=C(c1ccc(NC(C)=O)cc1)C(C)(C(=O)OCC)C(=O)OCC. The Bertz CT molecular complexity index is 615. The summed E-state index contributed by atoms with van der Waals surface area (Å²) >= 11 is 0. The quantitative estimate of drug-likeness (QED) is 0.613. The minimum absolute atomic E-state index is 0.141. The third-order valence-corrected chi connectivity index (χ3v) is 3.52. The van der Waals surface area contributed by atoms with Crippen LogP contribution in [0.1, 0.15) is 33.3 Å². The molecule has 1 N–H and O–H groups in total. The summed E-state index contributed by atoms with van der Waals surface area (Å²) in [5.74, 6) is -1.61. The highest BCUT2D eigenvalue weighted by Gasteiger charge is 2.47. The second-order valence-electron chi connectivity index (χ2n) is 5.30. The number of esters is 2. The van der Waals surface area contributed by atoms with Crippen LogP contribution in [0.5, 0.6) is 0 Å². The molecule has 0 fully saturated rings. The number of rotatable bonds is 7. The predicted octanol–water partition coefficient (Wildman–Crippen LogP) is 2.79. The maximum Gasteiger partial charge on any atom is 0.327 e. The molecule has 0 unspecified atom stereocenters. The van der Waals surface area contributed by atoms with Crippen molar-refractivity contribution in [3.05, 3.63) is 36.4 Å². The maximum atomic E-state index is 12.4. The summed E-state index contributed by atoms with van der Waals surface area (Å²) < 4.78 is 10.1. The van der Waals surface area contributed by atoms with E-state index in [1.165, 1.54) is 13.8 Å². The van der Waals surface area contributed by atoms with Gasteiger partial charge < -0.3 is 14.8 Å². The van der Waals surface area contributed by atoms with Crippen LogP contribution >= 0.6 is 0 Å². The average molecular weight is 333 g/mol. The molecular weight excluding hydrogens is 310 g/mol. The minimum Gasteiger partial charge on any atom is -0.465 e. The zero-order valence-corrected chi connectivity index (χ0v) is 14.5. The van der Waals surface area contributed by atoms with E-state index in [0.717, 1.165) is 0 Å². The lowest BCUT2D eigenvalue weighted by molar-refractivity contribution is -0.165. The Hall–Kier alpha value is -2.63. The summed E-state index contributed by atoms with van der Waals surface area (Å²) in [5.41, 5.74) is -0.184. The number of ether oxygens (including phenoxy) is 2. The lowest BCUT2D eigenvalue weighted by atomic mass is 9.79. The first-order chi connectivity index (χ1) is 11.3. The van der Waals surface area contributed by atoms with Crippen LogP contribution in [0.15, 0.2) is 30.8 Å². The summed E-state index contributed by atoms with van der Waals surface area (Å²) in [7, 11) is 0. The molecule has 0 aliphatic heterocycles. The van der Waals surface area contributed by atoms with Crippen molar-refractivity contribution in [3.63, 3.8) is 0 Å². The van der Waals surface area contributed by atoms with Crippen molar-refractivity contribution >= 4 is 29.1 Å². The van der Waals surface area contributed by atoms with Crippen LogP contribution < -0.4 is 5.32 Å². The number of hydrogen-bond acceptors (Lipinski definition) is 5. The lowest BCUT2D eigenvalue weighted by Crippen LogP contribution is -2.40. The number of benzene rings is 1. The zero-order valence-electron chi connectivity index (χ0n) is 14.5. The van der Waals surface area contributed by atoms with E-state index in [4.69, 9.17) is 9.47 Å². The van der Waals surface area contributed by atoms with Gasteiger partial charge >= 0.3 is 11.9 Å². The van der Waals surface area contributed by atoms with E-state index in [1.54, 1.807) is 38.1 Å². The molecule has 1 aromatic rings. The van der Waals surface area contributed by atoms with Gasteiger partial charge in [0.1, 0.15) is 0 Å². The highest BCUT2D eigenvalue weighted by Crippen LogP contribution is 2.36. The van der Waals surface area contributed by atoms with Gasteiger partial charge in [0.05, 0.1) is 13.2 Å². The molecule has 1 rings (SSSR count). The van der Waals surface area contributed by atoms with E-state index in [0.29, 0.717) is 11.3 Å². The van der Waals surface area contributed by atoms with Crippen LogP contribution in [-0.4, -0.2) is 31.1 Å². The molecule has 0 aliphatic rings. The van der Waals surface area contributed by atoms with Gasteiger partial charge in [0.25, 0.3) is 0 Å². The van der Waals surface area contributed by atoms with Gasteiger partial charge in [-0.15, -0.1) is 0 Å². The summed E-state index contributed by atoms with van der Waals surface area (Å²) in [6.07, 6.45) is 0. The first-order valence-corrected chi connectivity index (χ1v) is 7.69. The monoisotopic (exact) mass is 333 g/mol. The molecule has 1 aromatic carbocycles. The molecule has 0 bridgehead atoms. The van der Waals surface area contributed by atoms with E-state index < -0.39 is 17.4 Å². The summed E-state index contributed by atoms with van der Waals surface area (Å²) in [6, 6.07) is 6.67. The van der Waals surface area contributed by atoms with Crippen molar-refractivity contribution in [2.75, 3.05) is 18.5 Å². The highest BCUT2D eigenvalue weighted by molar-refractivity contribution is 6.11. The molecule has 0 saturated carbocycles. The summed E-state index contributed by atoms with van der Waals surface area (Å²) in [6.45, 7) is 10.4. The zero-order chi connectivity index (χ0) is 18.3. The third kappa shape index (κ3) is 4.22. The topological polar surface area (TPSA) is 81.7 Å². The average Bonchev–Trinajstić information content (AvgIpc) is 2.54. The molecule has 0 atom stereocenters. The fourth-order valence-corrected chi connectivity index (χ4v) is 2.13. The number of carbonyl (C=O) groups excluding carboxylic acids is 3. The standard InChI is InChI=1S/C18H23NO5/c1-6-23-16(21)18(5,17(22)24-7-2)12(3)14-8-10-15(11-9-14)19-13(4)20/h8-11H,3,6-7H2,1-2,4-5H3,(H,19,20). The van der Waals surface area contributed by atoms with Crippen LogP contribution in [0.2, 0.25) is 0 Å². The Labute approximate surface area is 141 Å². The fourth-order valence-electron chi connectivity index (χ4n) is 2.13. The van der Waals surface area contributed by atoms with Gasteiger partial charge in [-0.2, -0.15) is 0 Å². The van der Waals surface area contributed by atoms with Crippen LogP contribution in [0.3, 0.4) is 0 Å². The van der Waals surface area contributed by atoms with Crippen LogP contribution in [-0.2, 0) is 23.9 Å². The van der Waals surface area contributed by atoms with Crippen molar-refractivity contribution in [2.24, 2.45) is 5.41 Å². The Kier molecular flexibility index (Phi) is 6.70. The number of anilines is 1. The molecule has 6 nitrogen and oxygen atoms in total. The molecule has 0 aromatic heterocycles. The third-order valence-electron chi connectivity index (χ3n) is 3.52. The smallest absolute Gasteiger partial charge is 0.327 e. The molecule has 130 valence electrons. The molecule has 0 saturated heterocycles. The van der Waals surface area contributed by atoms with Crippen molar-refractivity contribution < 1.29 is 23.9 Å². The number of amides is 1. The van der Waals surface area contributed by atoms with E-state index in [9.17, 15) is 14.4 Å². The molecular formula is C18H23NO5. The van der Waals surface area contributed by atoms with Crippen molar-refractivity contribution in [3.8, 4) is 0 Å². The van der Waals surface area contributed by atoms with Gasteiger partial charge in [-0.1, -0.05) is 18.7 Å². The Balaban J connectivity index is 3.18. The lowest BCUT2D eigenvalue weighted by Gasteiger charge is -2.27. The van der Waals surface area contributed by atoms with E-state index in [1.807, 2.05) is 0 Å². The second-order valence-corrected chi connectivity index (χ2v) is 5.30. The van der Waals surface area contributed by atoms with Gasteiger partial charge in [0, 0.05) is 12.6 Å². The van der Waals surface area contributed by atoms with E-state index in [2.05, 4.69) is 11.9 Å². The van der Waals surface area contributed by atoms with Crippen molar-refractivity contribution in [2.45, 2.75) is 27.7 Å².